The molecule has 0 bridgehead atoms. The van der Waals surface area contributed by atoms with E-state index in [-0.39, 0.29) is 30.1 Å². The number of benzene rings is 2. The van der Waals surface area contributed by atoms with E-state index in [2.05, 4.69) is 10.6 Å². The van der Waals surface area contributed by atoms with Crippen LogP contribution in [0, 0.1) is 17.0 Å². The summed E-state index contributed by atoms with van der Waals surface area (Å²) >= 11 is 0. The Morgan fingerprint density at radius 3 is 2.50 bits per heavy atom. The van der Waals surface area contributed by atoms with Gasteiger partial charge in [0.2, 0.25) is 0 Å². The zero-order valence-electron chi connectivity index (χ0n) is 15.5. The topological polar surface area (TPSA) is 131 Å². The Labute approximate surface area is 161 Å². The van der Waals surface area contributed by atoms with Crippen LogP contribution >= 0.6 is 0 Å². The number of ether oxygens (including phenoxy) is 1. The standard InChI is InChI=1S/C19H21N3O6/c1-12-3-5-14(6-4-12)21-18(24)13(2)28-19(25)16-11-15(22(26)27)7-8-17(16)20-9-10-23/h3-8,11,13,20,23H,9-10H2,1-2H3,(H,21,24)/t13-/m1/s1. The van der Waals surface area contributed by atoms with Crippen molar-refractivity contribution in [3.8, 4) is 0 Å². The third-order valence-electron chi connectivity index (χ3n) is 3.83. The summed E-state index contributed by atoms with van der Waals surface area (Å²) in [6, 6.07) is 10.7. The lowest BCUT2D eigenvalue weighted by Crippen LogP contribution is -2.30. The largest absolute Gasteiger partial charge is 0.449 e. The Bertz CT molecular complexity index is 866. The fourth-order valence-electron chi connectivity index (χ4n) is 2.32. The van der Waals surface area contributed by atoms with Gasteiger partial charge in [-0.05, 0) is 32.0 Å². The molecule has 0 saturated carbocycles. The van der Waals surface area contributed by atoms with Gasteiger partial charge >= 0.3 is 5.97 Å². The summed E-state index contributed by atoms with van der Waals surface area (Å²) in [5.74, 6) is -1.43. The van der Waals surface area contributed by atoms with Crippen LogP contribution in [-0.2, 0) is 9.53 Å². The van der Waals surface area contributed by atoms with Gasteiger partial charge in [-0.2, -0.15) is 0 Å². The molecule has 0 spiro atoms. The normalized spacial score (nSPS) is 11.4. The highest BCUT2D eigenvalue weighted by molar-refractivity contribution is 6.00. The Morgan fingerprint density at radius 1 is 1.21 bits per heavy atom. The number of carbonyl (C=O) groups is 2. The maximum absolute atomic E-state index is 12.5. The molecule has 1 atom stereocenters. The monoisotopic (exact) mass is 387 g/mol. The van der Waals surface area contributed by atoms with Crippen LogP contribution in [-0.4, -0.2) is 41.2 Å². The van der Waals surface area contributed by atoms with Gasteiger partial charge in [0.1, 0.15) is 0 Å². The van der Waals surface area contributed by atoms with E-state index in [9.17, 15) is 19.7 Å². The summed E-state index contributed by atoms with van der Waals surface area (Å²) in [6.07, 6.45) is -1.13. The molecule has 0 aliphatic carbocycles. The van der Waals surface area contributed by atoms with Gasteiger partial charge in [0.15, 0.2) is 6.10 Å². The number of amides is 1. The molecule has 0 unspecified atom stereocenters. The maximum Gasteiger partial charge on any atom is 0.341 e. The predicted octanol–water partition coefficient (Wildman–Crippen LogP) is 2.49. The van der Waals surface area contributed by atoms with Crippen molar-refractivity contribution in [2.45, 2.75) is 20.0 Å². The first-order valence-corrected chi connectivity index (χ1v) is 8.53. The molecule has 28 heavy (non-hydrogen) atoms. The number of hydrogen-bond acceptors (Lipinski definition) is 7. The number of carbonyl (C=O) groups excluding carboxylic acids is 2. The van der Waals surface area contributed by atoms with Crippen molar-refractivity contribution < 1.29 is 24.4 Å². The number of nitro groups is 1. The Morgan fingerprint density at radius 2 is 1.89 bits per heavy atom. The molecular formula is C19H21N3O6. The average molecular weight is 387 g/mol. The minimum Gasteiger partial charge on any atom is -0.449 e. The van der Waals surface area contributed by atoms with Gasteiger partial charge in [-0.25, -0.2) is 4.79 Å². The lowest BCUT2D eigenvalue weighted by molar-refractivity contribution is -0.384. The number of aliphatic hydroxyl groups is 1. The zero-order valence-corrected chi connectivity index (χ0v) is 15.5. The van der Waals surface area contributed by atoms with E-state index in [1.807, 2.05) is 19.1 Å². The van der Waals surface area contributed by atoms with Crippen molar-refractivity contribution in [3.05, 3.63) is 63.7 Å². The molecule has 2 rings (SSSR count). The number of anilines is 2. The molecule has 0 heterocycles. The molecule has 1 amide bonds. The van der Waals surface area contributed by atoms with Crippen molar-refractivity contribution in [1.29, 1.82) is 0 Å². The van der Waals surface area contributed by atoms with Crippen molar-refractivity contribution in [3.63, 3.8) is 0 Å². The zero-order chi connectivity index (χ0) is 20.7. The van der Waals surface area contributed by atoms with Crippen LogP contribution in [0.1, 0.15) is 22.8 Å². The van der Waals surface area contributed by atoms with Crippen molar-refractivity contribution in [1.82, 2.24) is 0 Å². The second-order valence-electron chi connectivity index (χ2n) is 6.04. The quantitative estimate of drug-likeness (QED) is 0.360. The van der Waals surface area contributed by atoms with Gasteiger partial charge < -0.3 is 20.5 Å². The van der Waals surface area contributed by atoms with Crippen molar-refractivity contribution in [2.75, 3.05) is 23.8 Å². The molecule has 9 nitrogen and oxygen atoms in total. The number of esters is 1. The predicted molar refractivity (Wildman–Crippen MR) is 103 cm³/mol. The Balaban J connectivity index is 2.13. The summed E-state index contributed by atoms with van der Waals surface area (Å²) in [5, 5.41) is 25.3. The summed E-state index contributed by atoms with van der Waals surface area (Å²) in [7, 11) is 0. The summed E-state index contributed by atoms with van der Waals surface area (Å²) in [6.45, 7) is 3.26. The third-order valence-corrected chi connectivity index (χ3v) is 3.83. The number of nitrogens with one attached hydrogen (secondary N) is 2. The highest BCUT2D eigenvalue weighted by atomic mass is 16.6. The van der Waals surface area contributed by atoms with E-state index in [4.69, 9.17) is 9.84 Å². The Kier molecular flexibility index (Phi) is 7.05. The van der Waals surface area contributed by atoms with Gasteiger partial charge in [-0.1, -0.05) is 17.7 Å². The third kappa shape index (κ3) is 5.52. The van der Waals surface area contributed by atoms with E-state index in [1.54, 1.807) is 12.1 Å². The summed E-state index contributed by atoms with van der Waals surface area (Å²) in [5.41, 5.74) is 1.46. The molecule has 0 aliphatic rings. The number of aliphatic hydroxyl groups excluding tert-OH is 1. The molecule has 0 saturated heterocycles. The van der Waals surface area contributed by atoms with E-state index >= 15 is 0 Å². The highest BCUT2D eigenvalue weighted by Gasteiger charge is 2.23. The van der Waals surface area contributed by atoms with Gasteiger partial charge in [0.25, 0.3) is 11.6 Å². The Hall–Kier alpha value is -3.46. The van der Waals surface area contributed by atoms with Crippen LogP contribution < -0.4 is 10.6 Å². The van der Waals surface area contributed by atoms with Crippen LogP contribution in [0.15, 0.2) is 42.5 Å². The van der Waals surface area contributed by atoms with Gasteiger partial charge in [-0.15, -0.1) is 0 Å². The SMILES string of the molecule is Cc1ccc(NC(=O)[C@@H](C)OC(=O)c2cc([N+](=O)[O-])ccc2NCCO)cc1. The summed E-state index contributed by atoms with van der Waals surface area (Å²) < 4.78 is 5.17. The number of aryl methyl sites for hydroxylation is 1. The molecule has 3 N–H and O–H groups in total. The molecule has 0 aliphatic heterocycles. The van der Waals surface area contributed by atoms with Crippen molar-refractivity contribution >= 4 is 28.9 Å². The first kappa shape index (κ1) is 20.8. The molecule has 0 aromatic heterocycles. The van der Waals surface area contributed by atoms with E-state index in [0.29, 0.717) is 5.69 Å². The number of non-ortho nitro benzene ring substituents is 1. The van der Waals surface area contributed by atoms with Crippen LogP contribution in [0.25, 0.3) is 0 Å². The molecule has 0 radical (unpaired) electrons. The number of nitrogens with zero attached hydrogens (tertiary/aromatic N) is 1. The lowest BCUT2D eigenvalue weighted by Gasteiger charge is -2.15. The van der Waals surface area contributed by atoms with E-state index in [1.165, 1.54) is 19.1 Å². The molecule has 0 fully saturated rings. The second kappa shape index (κ2) is 9.47. The second-order valence-corrected chi connectivity index (χ2v) is 6.04. The molecule has 9 heteroatoms. The maximum atomic E-state index is 12.5. The molecule has 148 valence electrons. The van der Waals surface area contributed by atoms with Gasteiger partial charge in [0.05, 0.1) is 17.1 Å². The first-order chi connectivity index (χ1) is 13.3. The van der Waals surface area contributed by atoms with Crippen molar-refractivity contribution in [2.24, 2.45) is 0 Å². The molecule has 2 aromatic carbocycles. The average Bonchev–Trinajstić information content (AvgIpc) is 2.67. The minimum atomic E-state index is -1.13. The first-order valence-electron chi connectivity index (χ1n) is 8.53. The molecule has 2 aromatic rings. The number of nitro benzene ring substituents is 1. The van der Waals surface area contributed by atoms with Gasteiger partial charge in [-0.3, -0.25) is 14.9 Å². The number of rotatable bonds is 8. The van der Waals surface area contributed by atoms with Crippen LogP contribution in [0.2, 0.25) is 0 Å². The summed E-state index contributed by atoms with van der Waals surface area (Å²) in [4.78, 5) is 35.1. The van der Waals surface area contributed by atoms with Crippen LogP contribution in [0.4, 0.5) is 17.1 Å². The van der Waals surface area contributed by atoms with E-state index in [0.717, 1.165) is 11.6 Å². The minimum absolute atomic E-state index is 0.0994. The van der Waals surface area contributed by atoms with Crippen LogP contribution in [0.3, 0.4) is 0 Å². The highest BCUT2D eigenvalue weighted by Crippen LogP contribution is 2.23. The van der Waals surface area contributed by atoms with Gasteiger partial charge in [0, 0.05) is 30.1 Å². The fraction of sp³-hybridized carbons (Fsp3) is 0.263. The van der Waals surface area contributed by atoms with E-state index < -0.39 is 22.9 Å². The fourth-order valence-corrected chi connectivity index (χ4v) is 2.32. The smallest absolute Gasteiger partial charge is 0.341 e. The van der Waals surface area contributed by atoms with Crippen LogP contribution in [0.5, 0.6) is 0 Å². The lowest BCUT2D eigenvalue weighted by atomic mass is 10.1. The number of hydrogen-bond donors (Lipinski definition) is 3. The molecular weight excluding hydrogens is 366 g/mol.